The Morgan fingerprint density at radius 2 is 1.98 bits per heavy atom. The van der Waals surface area contributed by atoms with Crippen molar-refractivity contribution in [1.29, 1.82) is 5.26 Å². The van der Waals surface area contributed by atoms with E-state index in [-0.39, 0.29) is 38.1 Å². The van der Waals surface area contributed by atoms with Crippen LogP contribution in [0.3, 0.4) is 0 Å². The minimum Gasteiger partial charge on any atom is -0.507 e. The Labute approximate surface area is 233 Å². The first kappa shape index (κ1) is 26.4. The van der Waals surface area contributed by atoms with Crippen molar-refractivity contribution < 1.29 is 28.8 Å². The molecule has 0 aromatic heterocycles. The number of nitrogens with two attached hydrogens (primary N) is 1. The number of aryl methyl sites for hydroxylation is 1. The van der Waals surface area contributed by atoms with Gasteiger partial charge >= 0.3 is 6.16 Å². The number of benzene rings is 2. The fourth-order valence-electron chi connectivity index (χ4n) is 7.30. The van der Waals surface area contributed by atoms with Crippen molar-refractivity contribution in [1.82, 2.24) is 9.80 Å². The molecule has 2 bridgehead atoms. The first-order valence-corrected chi connectivity index (χ1v) is 13.5. The van der Waals surface area contributed by atoms with Gasteiger partial charge in [0, 0.05) is 40.9 Å². The molecule has 2 aromatic rings. The highest BCUT2D eigenvalue weighted by Gasteiger charge is 2.56. The van der Waals surface area contributed by atoms with E-state index in [2.05, 4.69) is 28.5 Å². The molecule has 10 heteroatoms. The van der Waals surface area contributed by atoms with Crippen molar-refractivity contribution in [2.45, 2.75) is 63.8 Å². The first-order chi connectivity index (χ1) is 19.2. The Balaban J connectivity index is 1.57. The SMILES string of the molecule is C=CCOC(=O)Oc1c(C)c2c(c3c1CC1[C@@H]4c5c(cc(C)c(C)c5O)C[C@@H]([C@H](C#N)N1[C@H]3CN)N4C)OCO2. The molecule has 210 valence electrons. The smallest absolute Gasteiger partial charge is 0.507 e. The van der Waals surface area contributed by atoms with E-state index >= 15 is 0 Å². The molecule has 10 nitrogen and oxygen atoms in total. The molecular formula is C30H34N4O6. The number of ether oxygens (including phenoxy) is 4. The molecule has 2 aromatic carbocycles. The third kappa shape index (κ3) is 3.61. The van der Waals surface area contributed by atoms with Gasteiger partial charge in [0.05, 0.1) is 18.2 Å². The summed E-state index contributed by atoms with van der Waals surface area (Å²) in [6, 6.07) is 3.29. The van der Waals surface area contributed by atoms with E-state index in [1.165, 1.54) is 6.08 Å². The van der Waals surface area contributed by atoms with Crippen molar-refractivity contribution in [3.63, 3.8) is 0 Å². The Morgan fingerprint density at radius 1 is 1.23 bits per heavy atom. The van der Waals surface area contributed by atoms with Crippen molar-refractivity contribution in [2.75, 3.05) is 27.0 Å². The van der Waals surface area contributed by atoms with Gasteiger partial charge in [-0.15, -0.1) is 0 Å². The van der Waals surface area contributed by atoms with E-state index in [1.807, 2.05) is 27.8 Å². The van der Waals surface area contributed by atoms with E-state index in [1.54, 1.807) is 0 Å². The van der Waals surface area contributed by atoms with Crippen LogP contribution in [0.4, 0.5) is 4.79 Å². The number of hydrogen-bond donors (Lipinski definition) is 2. The lowest BCUT2D eigenvalue weighted by atomic mass is 9.71. The second-order valence-corrected chi connectivity index (χ2v) is 11.0. The minimum absolute atomic E-state index is 0.0133. The second-order valence-electron chi connectivity index (χ2n) is 11.0. The lowest BCUT2D eigenvalue weighted by molar-refractivity contribution is -0.0709. The van der Waals surface area contributed by atoms with Gasteiger partial charge in [-0.05, 0) is 57.4 Å². The highest BCUT2D eigenvalue weighted by atomic mass is 16.7. The molecule has 0 aliphatic carbocycles. The van der Waals surface area contributed by atoms with E-state index in [9.17, 15) is 15.2 Å². The number of aromatic hydroxyl groups is 1. The largest absolute Gasteiger partial charge is 0.514 e. The molecule has 5 atom stereocenters. The van der Waals surface area contributed by atoms with Crippen LogP contribution < -0.4 is 19.9 Å². The standard InChI is InChI=1S/C30H34N4O6/c1-6-7-37-30(36)40-27-16(4)28-29(39-13-38-28)24-18(27)10-20-25-23-17(8-14(2)15(3)26(23)35)9-19(33(25)5)21(11-31)34(20)22(24)12-32/h6,8,19-22,25,35H,1,7,9-10,12-13,32H2,2-5H3/t19-,20?,21-,22-,25+/m0/s1. The lowest BCUT2D eigenvalue weighted by Crippen LogP contribution is -2.68. The molecule has 6 rings (SSSR count). The maximum absolute atomic E-state index is 12.7. The summed E-state index contributed by atoms with van der Waals surface area (Å²) in [4.78, 5) is 17.1. The topological polar surface area (TPSA) is 131 Å². The van der Waals surface area contributed by atoms with Gasteiger partial charge in [-0.3, -0.25) is 9.80 Å². The molecule has 0 radical (unpaired) electrons. The highest BCUT2D eigenvalue weighted by Crippen LogP contribution is 2.57. The van der Waals surface area contributed by atoms with Crippen molar-refractivity contribution in [2.24, 2.45) is 5.73 Å². The van der Waals surface area contributed by atoms with Crippen LogP contribution in [-0.2, 0) is 17.6 Å². The van der Waals surface area contributed by atoms with E-state index in [0.717, 1.165) is 33.4 Å². The number of nitrogens with zero attached hydrogens (tertiary/aromatic N) is 3. The summed E-state index contributed by atoms with van der Waals surface area (Å²) in [6.45, 7) is 9.59. The highest BCUT2D eigenvalue weighted by molar-refractivity contribution is 5.72. The van der Waals surface area contributed by atoms with Crippen LogP contribution in [0.1, 0.15) is 51.0 Å². The number of phenolic OH excluding ortho intramolecular Hbond substituents is 1. The number of carbonyl (C=O) groups excluding carboxylic acids is 1. The third-order valence-corrected chi connectivity index (χ3v) is 9.16. The maximum Gasteiger partial charge on any atom is 0.514 e. The molecule has 0 amide bonds. The molecule has 1 fully saturated rings. The molecule has 4 heterocycles. The molecule has 4 aliphatic rings. The molecule has 3 N–H and O–H groups in total. The Hall–Kier alpha value is -3.78. The number of nitriles is 1. The number of fused-ring (bicyclic) bond motifs is 9. The molecule has 0 spiro atoms. The summed E-state index contributed by atoms with van der Waals surface area (Å²) in [5.74, 6) is 1.72. The van der Waals surface area contributed by atoms with Gasteiger partial charge in [-0.25, -0.2) is 4.79 Å². The quantitative estimate of drug-likeness (QED) is 0.334. The fraction of sp³-hybridized carbons (Fsp3) is 0.467. The number of likely N-dealkylation sites (N-methyl/N-ethyl adjacent to an activating group) is 1. The number of phenols is 1. The van der Waals surface area contributed by atoms with Gasteiger partial charge in [0.25, 0.3) is 0 Å². The van der Waals surface area contributed by atoms with E-state index < -0.39 is 18.2 Å². The van der Waals surface area contributed by atoms with Crippen molar-refractivity contribution in [3.05, 3.63) is 57.7 Å². The van der Waals surface area contributed by atoms with Crippen LogP contribution in [0.2, 0.25) is 0 Å². The fourth-order valence-corrected chi connectivity index (χ4v) is 7.30. The average molecular weight is 547 g/mol. The molecule has 40 heavy (non-hydrogen) atoms. The zero-order chi connectivity index (χ0) is 28.5. The van der Waals surface area contributed by atoms with Gasteiger partial charge in [0.1, 0.15) is 24.1 Å². The van der Waals surface area contributed by atoms with Gasteiger partial charge in [0.2, 0.25) is 6.79 Å². The van der Waals surface area contributed by atoms with Gasteiger partial charge in [-0.2, -0.15) is 5.26 Å². The first-order valence-electron chi connectivity index (χ1n) is 13.5. The molecule has 1 unspecified atom stereocenters. The zero-order valence-corrected chi connectivity index (χ0v) is 23.2. The predicted molar refractivity (Wildman–Crippen MR) is 146 cm³/mol. The second kappa shape index (κ2) is 9.70. The van der Waals surface area contributed by atoms with Gasteiger partial charge in [-0.1, -0.05) is 18.7 Å². The lowest BCUT2D eigenvalue weighted by Gasteiger charge is -2.60. The average Bonchev–Trinajstić information content (AvgIpc) is 3.43. The monoisotopic (exact) mass is 546 g/mol. The molecular weight excluding hydrogens is 512 g/mol. The molecule has 4 aliphatic heterocycles. The minimum atomic E-state index is -0.849. The summed E-state index contributed by atoms with van der Waals surface area (Å²) < 4.78 is 22.8. The summed E-state index contributed by atoms with van der Waals surface area (Å²) in [5, 5.41) is 22.0. The van der Waals surface area contributed by atoms with Crippen LogP contribution in [0.25, 0.3) is 0 Å². The Bertz CT molecular complexity index is 1470. The van der Waals surface area contributed by atoms with Crippen LogP contribution in [0.5, 0.6) is 23.0 Å². The van der Waals surface area contributed by atoms with Crippen molar-refractivity contribution >= 4 is 6.16 Å². The van der Waals surface area contributed by atoms with Crippen LogP contribution in [-0.4, -0.2) is 66.2 Å². The third-order valence-electron chi connectivity index (χ3n) is 9.16. The van der Waals surface area contributed by atoms with E-state index in [0.29, 0.717) is 41.4 Å². The normalized spacial score (nSPS) is 26.2. The summed E-state index contributed by atoms with van der Waals surface area (Å²) in [6.07, 6.45) is 1.69. The summed E-state index contributed by atoms with van der Waals surface area (Å²) in [7, 11) is 2.02. The molecule has 1 saturated heterocycles. The predicted octanol–water partition coefficient (Wildman–Crippen LogP) is 3.48. The summed E-state index contributed by atoms with van der Waals surface area (Å²) in [5.41, 5.74) is 12.5. The molecule has 0 saturated carbocycles. The van der Waals surface area contributed by atoms with E-state index in [4.69, 9.17) is 24.7 Å². The van der Waals surface area contributed by atoms with Crippen LogP contribution in [0, 0.1) is 32.1 Å². The number of carbonyl (C=O) groups is 1. The summed E-state index contributed by atoms with van der Waals surface area (Å²) >= 11 is 0. The van der Waals surface area contributed by atoms with Crippen LogP contribution in [0.15, 0.2) is 18.7 Å². The van der Waals surface area contributed by atoms with Crippen molar-refractivity contribution in [3.8, 4) is 29.1 Å². The Morgan fingerprint density at radius 3 is 2.67 bits per heavy atom. The van der Waals surface area contributed by atoms with Crippen LogP contribution >= 0.6 is 0 Å². The van der Waals surface area contributed by atoms with Gasteiger partial charge in [0.15, 0.2) is 11.5 Å². The Kier molecular flexibility index (Phi) is 6.41. The maximum atomic E-state index is 12.7. The number of rotatable bonds is 4. The zero-order valence-electron chi connectivity index (χ0n) is 23.2. The number of hydrogen-bond acceptors (Lipinski definition) is 10. The van der Waals surface area contributed by atoms with Gasteiger partial charge < -0.3 is 29.8 Å². The number of piperazine rings is 1.